The molecule has 0 fully saturated rings. The van der Waals surface area contributed by atoms with Crippen LogP contribution in [0.15, 0.2) is 67.0 Å². The quantitative estimate of drug-likeness (QED) is 0.615. The van der Waals surface area contributed by atoms with E-state index in [-0.39, 0.29) is 0 Å². The van der Waals surface area contributed by atoms with Gasteiger partial charge in [-0.15, -0.1) is 0 Å². The van der Waals surface area contributed by atoms with Gasteiger partial charge in [0.05, 0.1) is 0 Å². The Morgan fingerprint density at radius 3 is 1.84 bits per heavy atom. The van der Waals surface area contributed by atoms with Crippen molar-refractivity contribution in [3.8, 4) is 22.3 Å². The highest BCUT2D eigenvalue weighted by molar-refractivity contribution is 6.30. The first-order chi connectivity index (χ1) is 9.24. The van der Waals surface area contributed by atoms with E-state index in [4.69, 9.17) is 11.6 Å². The van der Waals surface area contributed by atoms with Gasteiger partial charge in [0.1, 0.15) is 0 Å². The summed E-state index contributed by atoms with van der Waals surface area (Å²) in [4.78, 5) is 0. The Labute approximate surface area is 118 Å². The van der Waals surface area contributed by atoms with E-state index in [1.165, 1.54) is 22.3 Å². The summed E-state index contributed by atoms with van der Waals surface area (Å²) in [5.74, 6) is 0. The lowest BCUT2D eigenvalue weighted by Crippen LogP contribution is -1.79. The van der Waals surface area contributed by atoms with Crippen molar-refractivity contribution in [1.82, 2.24) is 4.57 Å². The van der Waals surface area contributed by atoms with E-state index in [1.54, 1.807) is 0 Å². The van der Waals surface area contributed by atoms with Gasteiger partial charge in [-0.1, -0.05) is 54.1 Å². The highest BCUT2D eigenvalue weighted by Crippen LogP contribution is 2.33. The number of hydrogen-bond donors (Lipinski definition) is 0. The van der Waals surface area contributed by atoms with Crippen molar-refractivity contribution in [2.24, 2.45) is 7.05 Å². The van der Waals surface area contributed by atoms with Crippen molar-refractivity contribution in [3.05, 3.63) is 72.0 Å². The summed E-state index contributed by atoms with van der Waals surface area (Å²) in [6, 6.07) is 18.4. The summed E-state index contributed by atoms with van der Waals surface area (Å²) < 4.78 is 2.09. The number of rotatable bonds is 2. The first-order valence-electron chi connectivity index (χ1n) is 6.21. The van der Waals surface area contributed by atoms with Gasteiger partial charge in [-0.3, -0.25) is 0 Å². The average molecular weight is 268 g/mol. The van der Waals surface area contributed by atoms with Gasteiger partial charge in [0.2, 0.25) is 0 Å². The van der Waals surface area contributed by atoms with Crippen LogP contribution in [0.5, 0.6) is 0 Å². The van der Waals surface area contributed by atoms with E-state index in [9.17, 15) is 0 Å². The van der Waals surface area contributed by atoms with Crippen LogP contribution in [0.4, 0.5) is 0 Å². The SMILES string of the molecule is Cn1cc(-c2ccccc2)c(-c2ccc(Cl)cc2)c1. The summed E-state index contributed by atoms with van der Waals surface area (Å²) in [7, 11) is 2.05. The second-order valence-electron chi connectivity index (χ2n) is 4.62. The van der Waals surface area contributed by atoms with Crippen molar-refractivity contribution in [1.29, 1.82) is 0 Å². The summed E-state index contributed by atoms with van der Waals surface area (Å²) >= 11 is 5.96. The Morgan fingerprint density at radius 1 is 0.737 bits per heavy atom. The third-order valence-corrected chi connectivity index (χ3v) is 3.45. The largest absolute Gasteiger partial charge is 0.356 e. The van der Waals surface area contributed by atoms with Crippen molar-refractivity contribution < 1.29 is 0 Å². The number of hydrogen-bond acceptors (Lipinski definition) is 0. The van der Waals surface area contributed by atoms with Gasteiger partial charge >= 0.3 is 0 Å². The van der Waals surface area contributed by atoms with Gasteiger partial charge in [0.15, 0.2) is 0 Å². The molecule has 0 aliphatic rings. The minimum absolute atomic E-state index is 0.765. The molecule has 2 heteroatoms. The van der Waals surface area contributed by atoms with Crippen molar-refractivity contribution in [2.75, 3.05) is 0 Å². The number of nitrogens with zero attached hydrogens (tertiary/aromatic N) is 1. The monoisotopic (exact) mass is 267 g/mol. The van der Waals surface area contributed by atoms with Crippen LogP contribution < -0.4 is 0 Å². The zero-order valence-electron chi connectivity index (χ0n) is 10.7. The number of aromatic nitrogens is 1. The molecule has 1 aromatic heterocycles. The lowest BCUT2D eigenvalue weighted by molar-refractivity contribution is 0.929. The fraction of sp³-hybridized carbons (Fsp3) is 0.0588. The lowest BCUT2D eigenvalue weighted by atomic mass is 9.99. The molecule has 0 atom stereocenters. The van der Waals surface area contributed by atoms with Gasteiger partial charge in [-0.2, -0.15) is 0 Å². The van der Waals surface area contributed by atoms with Gasteiger partial charge < -0.3 is 4.57 Å². The van der Waals surface area contributed by atoms with Crippen LogP contribution in [0.25, 0.3) is 22.3 Å². The third kappa shape index (κ3) is 2.42. The summed E-state index contributed by atoms with van der Waals surface area (Å²) in [6.45, 7) is 0. The molecule has 0 amide bonds. The molecule has 0 radical (unpaired) electrons. The molecule has 3 aromatic rings. The Kier molecular flexibility index (Phi) is 3.14. The second-order valence-corrected chi connectivity index (χ2v) is 5.06. The zero-order valence-corrected chi connectivity index (χ0v) is 11.4. The molecule has 0 saturated carbocycles. The predicted molar refractivity (Wildman–Crippen MR) is 81.3 cm³/mol. The van der Waals surface area contributed by atoms with Crippen LogP contribution in [-0.2, 0) is 7.05 Å². The summed E-state index contributed by atoms with van der Waals surface area (Å²) in [5.41, 5.74) is 4.88. The van der Waals surface area contributed by atoms with E-state index >= 15 is 0 Å². The molecule has 0 N–H and O–H groups in total. The second kappa shape index (κ2) is 4.94. The molecule has 0 aliphatic carbocycles. The molecule has 2 aromatic carbocycles. The molecule has 0 spiro atoms. The molecule has 19 heavy (non-hydrogen) atoms. The Hall–Kier alpha value is -1.99. The van der Waals surface area contributed by atoms with Gasteiger partial charge in [-0.05, 0) is 23.3 Å². The van der Waals surface area contributed by atoms with Crippen LogP contribution in [0.3, 0.4) is 0 Å². The zero-order chi connectivity index (χ0) is 13.2. The van der Waals surface area contributed by atoms with Crippen LogP contribution in [0, 0.1) is 0 Å². The van der Waals surface area contributed by atoms with Gasteiger partial charge in [0.25, 0.3) is 0 Å². The van der Waals surface area contributed by atoms with E-state index in [0.717, 1.165) is 5.02 Å². The van der Waals surface area contributed by atoms with Crippen LogP contribution in [0.2, 0.25) is 5.02 Å². The molecular weight excluding hydrogens is 254 g/mol. The smallest absolute Gasteiger partial charge is 0.0406 e. The molecule has 0 bridgehead atoms. The molecule has 0 unspecified atom stereocenters. The third-order valence-electron chi connectivity index (χ3n) is 3.20. The topological polar surface area (TPSA) is 4.93 Å². The minimum Gasteiger partial charge on any atom is -0.356 e. The average Bonchev–Trinajstić information content (AvgIpc) is 2.83. The molecule has 0 aliphatic heterocycles. The standard InChI is InChI=1S/C17H14ClN/c1-19-11-16(13-5-3-2-4-6-13)17(12-19)14-7-9-15(18)10-8-14/h2-12H,1H3. The maximum atomic E-state index is 5.96. The molecular formula is C17H14ClN. The fourth-order valence-corrected chi connectivity index (χ4v) is 2.42. The molecule has 3 rings (SSSR count). The summed E-state index contributed by atoms with van der Waals surface area (Å²) in [6.07, 6.45) is 4.30. The predicted octanol–water partition coefficient (Wildman–Crippen LogP) is 5.01. The maximum Gasteiger partial charge on any atom is 0.0406 e. The van der Waals surface area contributed by atoms with Crippen LogP contribution in [0.1, 0.15) is 0 Å². The highest BCUT2D eigenvalue weighted by atomic mass is 35.5. The van der Waals surface area contributed by atoms with Crippen LogP contribution >= 0.6 is 11.6 Å². The highest BCUT2D eigenvalue weighted by Gasteiger charge is 2.09. The first kappa shape index (κ1) is 12.1. The minimum atomic E-state index is 0.765. The Balaban J connectivity index is 2.15. The summed E-state index contributed by atoms with van der Waals surface area (Å²) in [5, 5.41) is 0.765. The van der Waals surface area contributed by atoms with Gasteiger partial charge in [-0.25, -0.2) is 0 Å². The number of benzene rings is 2. The van der Waals surface area contributed by atoms with Crippen molar-refractivity contribution >= 4 is 11.6 Å². The van der Waals surface area contributed by atoms with Crippen molar-refractivity contribution in [2.45, 2.75) is 0 Å². The van der Waals surface area contributed by atoms with E-state index in [0.29, 0.717) is 0 Å². The fourth-order valence-electron chi connectivity index (χ4n) is 2.29. The van der Waals surface area contributed by atoms with Crippen LogP contribution in [-0.4, -0.2) is 4.57 Å². The number of halogens is 1. The van der Waals surface area contributed by atoms with Gasteiger partial charge in [0, 0.05) is 35.6 Å². The van der Waals surface area contributed by atoms with E-state index in [2.05, 4.69) is 53.4 Å². The van der Waals surface area contributed by atoms with E-state index in [1.807, 2.05) is 25.2 Å². The molecule has 94 valence electrons. The first-order valence-corrected chi connectivity index (χ1v) is 6.59. The maximum absolute atomic E-state index is 5.96. The Morgan fingerprint density at radius 2 is 1.26 bits per heavy atom. The van der Waals surface area contributed by atoms with Crippen molar-refractivity contribution in [3.63, 3.8) is 0 Å². The van der Waals surface area contributed by atoms with E-state index < -0.39 is 0 Å². The Bertz CT molecular complexity index is 681. The lowest BCUT2D eigenvalue weighted by Gasteiger charge is -2.04. The molecule has 1 nitrogen and oxygen atoms in total. The molecule has 1 heterocycles. The normalized spacial score (nSPS) is 10.6. The number of aryl methyl sites for hydroxylation is 1. The molecule has 0 saturated heterocycles.